The van der Waals surface area contributed by atoms with Gasteiger partial charge in [-0.2, -0.15) is 0 Å². The first kappa shape index (κ1) is 14.2. The summed E-state index contributed by atoms with van der Waals surface area (Å²) in [5, 5.41) is 1.66. The molecule has 4 heteroatoms. The third kappa shape index (κ3) is 3.42. The molecule has 3 nitrogen and oxygen atoms in total. The Kier molecular flexibility index (Phi) is 4.48. The highest BCUT2D eigenvalue weighted by Crippen LogP contribution is 2.17. The number of hydrogen-bond donors (Lipinski definition) is 0. The predicted molar refractivity (Wildman–Crippen MR) is 80.0 cm³/mol. The van der Waals surface area contributed by atoms with Crippen molar-refractivity contribution >= 4 is 29.2 Å². The Morgan fingerprint density at radius 3 is 2.55 bits per heavy atom. The van der Waals surface area contributed by atoms with E-state index in [2.05, 4.69) is 6.58 Å². The van der Waals surface area contributed by atoms with Crippen molar-refractivity contribution in [1.82, 2.24) is 0 Å². The zero-order chi connectivity index (χ0) is 14.5. The Morgan fingerprint density at radius 1 is 1.30 bits per heavy atom. The van der Waals surface area contributed by atoms with E-state index in [1.807, 2.05) is 24.3 Å². The minimum atomic E-state index is -0.407. The van der Waals surface area contributed by atoms with Crippen LogP contribution >= 0.6 is 11.3 Å². The minimum Gasteiger partial charge on any atom is -0.457 e. The third-order valence-corrected chi connectivity index (χ3v) is 3.70. The van der Waals surface area contributed by atoms with Crippen molar-refractivity contribution in [3.05, 3.63) is 63.9 Å². The molecule has 0 aliphatic heterocycles. The zero-order valence-electron chi connectivity index (χ0n) is 11.1. The number of hydrogen-bond acceptors (Lipinski definition) is 4. The summed E-state index contributed by atoms with van der Waals surface area (Å²) >= 11 is 1.22. The van der Waals surface area contributed by atoms with Gasteiger partial charge in [0.15, 0.2) is 5.78 Å². The number of esters is 1. The number of thiophene rings is 1. The lowest BCUT2D eigenvalue weighted by Gasteiger charge is -2.03. The fraction of sp³-hybridized carbons (Fsp3) is 0.125. The number of benzene rings is 1. The number of carbonyl (C=O) groups is 2. The van der Waals surface area contributed by atoms with Crippen molar-refractivity contribution in [1.29, 1.82) is 0 Å². The second kappa shape index (κ2) is 6.30. The highest BCUT2D eigenvalue weighted by atomic mass is 32.1. The quantitative estimate of drug-likeness (QED) is 0.617. The smallest absolute Gasteiger partial charge is 0.348 e. The summed E-state index contributed by atoms with van der Waals surface area (Å²) in [6.07, 6.45) is 1.75. The lowest BCUT2D eigenvalue weighted by atomic mass is 10.1. The molecule has 1 aromatic carbocycles. The van der Waals surface area contributed by atoms with Gasteiger partial charge in [-0.3, -0.25) is 4.79 Å². The van der Waals surface area contributed by atoms with Crippen LogP contribution in [0.25, 0.3) is 6.08 Å². The summed E-state index contributed by atoms with van der Waals surface area (Å²) in [7, 11) is 0. The molecule has 0 bridgehead atoms. The van der Waals surface area contributed by atoms with Crippen LogP contribution in [-0.4, -0.2) is 11.8 Å². The van der Waals surface area contributed by atoms with E-state index in [0.29, 0.717) is 10.4 Å². The van der Waals surface area contributed by atoms with Crippen LogP contribution in [0.5, 0.6) is 0 Å². The molecule has 0 saturated heterocycles. The molecule has 0 saturated carbocycles. The molecule has 2 rings (SSSR count). The molecule has 2 aromatic rings. The van der Waals surface area contributed by atoms with Crippen molar-refractivity contribution in [3.63, 3.8) is 0 Å². The number of ether oxygens (including phenoxy) is 1. The highest BCUT2D eigenvalue weighted by molar-refractivity contribution is 7.12. The number of rotatable bonds is 5. The van der Waals surface area contributed by atoms with Crippen molar-refractivity contribution < 1.29 is 14.3 Å². The Labute approximate surface area is 121 Å². The molecule has 0 aliphatic carbocycles. The van der Waals surface area contributed by atoms with Crippen LogP contribution in [-0.2, 0) is 11.3 Å². The molecule has 0 radical (unpaired) electrons. The fourth-order valence-electron chi connectivity index (χ4n) is 1.60. The van der Waals surface area contributed by atoms with Crippen LogP contribution < -0.4 is 0 Å². The van der Waals surface area contributed by atoms with E-state index in [-0.39, 0.29) is 12.4 Å². The third-order valence-electron chi connectivity index (χ3n) is 2.79. The molecule has 0 unspecified atom stereocenters. The molecular weight excluding hydrogens is 272 g/mol. The van der Waals surface area contributed by atoms with E-state index in [1.54, 1.807) is 17.5 Å². The molecule has 102 valence electrons. The molecule has 0 spiro atoms. The standard InChI is InChI=1S/C16H14O3S/c1-3-12-4-6-13(7-5-12)9-19-16(18)15-8-14(10-20-15)11(2)17/h3-8,10H,1,9H2,2H3. The molecular formula is C16H14O3S. The first-order valence-corrected chi connectivity index (χ1v) is 6.96. The number of ketones is 1. The van der Waals surface area contributed by atoms with Crippen molar-refractivity contribution in [2.24, 2.45) is 0 Å². The average Bonchev–Trinajstić information content (AvgIpc) is 2.95. The molecule has 0 atom stereocenters. The SMILES string of the molecule is C=Cc1ccc(COC(=O)c2cc(C(C)=O)cs2)cc1. The highest BCUT2D eigenvalue weighted by Gasteiger charge is 2.12. The van der Waals surface area contributed by atoms with Crippen LogP contribution in [0.15, 0.2) is 42.3 Å². The van der Waals surface area contributed by atoms with E-state index in [4.69, 9.17) is 4.74 Å². The fourth-order valence-corrected chi connectivity index (χ4v) is 2.44. The van der Waals surface area contributed by atoms with Crippen LogP contribution in [0.3, 0.4) is 0 Å². The Hall–Kier alpha value is -2.20. The molecule has 0 amide bonds. The Balaban J connectivity index is 1.96. The number of Topliss-reactive ketones (excluding diaryl/α,β-unsaturated/α-hetero) is 1. The van der Waals surface area contributed by atoms with Gasteiger partial charge in [-0.25, -0.2) is 4.79 Å². The molecule has 0 N–H and O–H groups in total. The summed E-state index contributed by atoms with van der Waals surface area (Å²) in [5.41, 5.74) is 2.47. The second-order valence-electron chi connectivity index (χ2n) is 4.28. The predicted octanol–water partition coefficient (Wildman–Crippen LogP) is 3.95. The van der Waals surface area contributed by atoms with Crippen LogP contribution in [0.1, 0.15) is 38.1 Å². The van der Waals surface area contributed by atoms with Gasteiger partial charge in [0.1, 0.15) is 11.5 Å². The van der Waals surface area contributed by atoms with Gasteiger partial charge in [-0.05, 0) is 24.1 Å². The second-order valence-corrected chi connectivity index (χ2v) is 5.19. The zero-order valence-corrected chi connectivity index (χ0v) is 11.9. The average molecular weight is 286 g/mol. The first-order valence-electron chi connectivity index (χ1n) is 6.08. The van der Waals surface area contributed by atoms with Gasteiger partial charge >= 0.3 is 5.97 Å². The Morgan fingerprint density at radius 2 is 2.00 bits per heavy atom. The summed E-state index contributed by atoms with van der Waals surface area (Å²) in [4.78, 5) is 23.4. The van der Waals surface area contributed by atoms with Gasteiger partial charge in [0.25, 0.3) is 0 Å². The summed E-state index contributed by atoms with van der Waals surface area (Å²) in [6, 6.07) is 9.17. The molecule has 1 aromatic heterocycles. The van der Waals surface area contributed by atoms with Gasteiger partial charge in [0, 0.05) is 10.9 Å². The van der Waals surface area contributed by atoms with E-state index in [9.17, 15) is 9.59 Å². The van der Waals surface area contributed by atoms with E-state index in [1.165, 1.54) is 18.3 Å². The van der Waals surface area contributed by atoms with Crippen LogP contribution in [0.2, 0.25) is 0 Å². The summed E-state index contributed by atoms with van der Waals surface area (Å²) in [6.45, 7) is 5.36. The summed E-state index contributed by atoms with van der Waals surface area (Å²) < 4.78 is 5.22. The van der Waals surface area contributed by atoms with Gasteiger partial charge in [-0.1, -0.05) is 36.9 Å². The van der Waals surface area contributed by atoms with E-state index < -0.39 is 5.97 Å². The largest absolute Gasteiger partial charge is 0.457 e. The number of carbonyl (C=O) groups excluding carboxylic acids is 2. The minimum absolute atomic E-state index is 0.0553. The lowest BCUT2D eigenvalue weighted by Crippen LogP contribution is -2.03. The van der Waals surface area contributed by atoms with Crippen LogP contribution in [0, 0.1) is 0 Å². The maximum Gasteiger partial charge on any atom is 0.348 e. The normalized spacial score (nSPS) is 10.1. The van der Waals surface area contributed by atoms with Crippen LogP contribution in [0.4, 0.5) is 0 Å². The van der Waals surface area contributed by atoms with Crippen molar-refractivity contribution in [2.45, 2.75) is 13.5 Å². The van der Waals surface area contributed by atoms with Crippen molar-refractivity contribution in [3.8, 4) is 0 Å². The monoisotopic (exact) mass is 286 g/mol. The topological polar surface area (TPSA) is 43.4 Å². The summed E-state index contributed by atoms with van der Waals surface area (Å²) in [5.74, 6) is -0.462. The Bertz CT molecular complexity index is 638. The van der Waals surface area contributed by atoms with Gasteiger partial charge in [0.05, 0.1) is 0 Å². The van der Waals surface area contributed by atoms with E-state index >= 15 is 0 Å². The van der Waals surface area contributed by atoms with Gasteiger partial charge in [-0.15, -0.1) is 11.3 Å². The maximum atomic E-state index is 11.8. The van der Waals surface area contributed by atoms with E-state index in [0.717, 1.165) is 11.1 Å². The lowest BCUT2D eigenvalue weighted by molar-refractivity contribution is 0.0478. The molecule has 0 aliphatic rings. The molecule has 0 fully saturated rings. The van der Waals surface area contributed by atoms with Gasteiger partial charge in [0.2, 0.25) is 0 Å². The molecule has 20 heavy (non-hydrogen) atoms. The molecule has 1 heterocycles. The van der Waals surface area contributed by atoms with Crippen molar-refractivity contribution in [2.75, 3.05) is 0 Å². The maximum absolute atomic E-state index is 11.8. The van der Waals surface area contributed by atoms with Gasteiger partial charge < -0.3 is 4.74 Å². The first-order chi connectivity index (χ1) is 9.60.